The van der Waals surface area contributed by atoms with E-state index in [4.69, 9.17) is 0 Å². The molecule has 0 saturated carbocycles. The molecule has 0 unspecified atom stereocenters. The Morgan fingerprint density at radius 1 is 0.167 bits per heavy atom. The minimum absolute atomic E-state index is 0.124. The standard InChI is InChI=1S/C122H90N4/c1-119(2)105-39-23-19-31-89(105)93-59-43-79(71-109(93)119)75-47-63-113-101(67-75)102-68-76(80-44-60-94-90-32-20-24-40-106(90)120(3,4)110(94)72-80)48-64-114(102)125(113)87-55-51-85(52-56-87)123(83-27-11-9-12-28-83)117-97-35-15-17-37-99(97)118(100-38-18-16-36-98(100)117)124(84-29-13-10-14-30-84)86-53-57-88(58-54-86)126-115-65-49-77(81-45-61-95-91-33-21-25-41-107(91)121(5,6)111(95)73-81)69-103(115)104-70-78(50-66-116(104)126)82-46-62-96-92-34-22-26-42-108(92)122(7,8)112(96)74-82/h9-74H,1-8H3. The highest BCUT2D eigenvalue weighted by molar-refractivity contribution is 6.24. The van der Waals surface area contributed by atoms with E-state index in [2.05, 4.69) is 475 Å². The molecule has 0 N–H and O–H groups in total. The first-order valence-corrected chi connectivity index (χ1v) is 44.5. The van der Waals surface area contributed by atoms with Gasteiger partial charge in [0.25, 0.3) is 0 Å². The van der Waals surface area contributed by atoms with Gasteiger partial charge >= 0.3 is 0 Å². The topological polar surface area (TPSA) is 16.3 Å². The van der Waals surface area contributed by atoms with Gasteiger partial charge in [0.2, 0.25) is 0 Å². The van der Waals surface area contributed by atoms with E-state index in [1.165, 1.54) is 155 Å². The normalized spacial score (nSPS) is 14.3. The van der Waals surface area contributed by atoms with Crippen LogP contribution in [0, 0.1) is 0 Å². The minimum Gasteiger partial charge on any atom is -0.309 e. The summed E-state index contributed by atoms with van der Waals surface area (Å²) in [4.78, 5) is 4.98. The highest BCUT2D eigenvalue weighted by Gasteiger charge is 2.40. The van der Waals surface area contributed by atoms with Gasteiger partial charge < -0.3 is 18.9 Å². The Kier molecular flexibility index (Phi) is 15.9. The first-order chi connectivity index (χ1) is 61.5. The van der Waals surface area contributed by atoms with Crippen molar-refractivity contribution in [2.45, 2.75) is 77.0 Å². The molecule has 0 fully saturated rings. The van der Waals surface area contributed by atoms with Crippen LogP contribution in [0.2, 0.25) is 0 Å². The molecule has 25 rings (SSSR count). The van der Waals surface area contributed by atoms with E-state index in [0.717, 1.165) is 89.1 Å². The molecule has 2 aromatic heterocycles. The predicted octanol–water partition coefficient (Wildman–Crippen LogP) is 33.0. The number of aromatic nitrogens is 2. The Morgan fingerprint density at radius 3 is 0.635 bits per heavy atom. The van der Waals surface area contributed by atoms with Gasteiger partial charge in [0.1, 0.15) is 0 Å². The summed E-state index contributed by atoms with van der Waals surface area (Å²) in [6, 6.07) is 152. The molecule has 0 saturated heterocycles. The maximum Gasteiger partial charge on any atom is 0.0619 e. The molecule has 598 valence electrons. The summed E-state index contributed by atoms with van der Waals surface area (Å²) < 4.78 is 4.98. The van der Waals surface area contributed by atoms with Gasteiger partial charge in [-0.2, -0.15) is 0 Å². The van der Waals surface area contributed by atoms with Crippen molar-refractivity contribution in [3.63, 3.8) is 0 Å². The van der Waals surface area contributed by atoms with E-state index >= 15 is 0 Å². The largest absolute Gasteiger partial charge is 0.309 e. The summed E-state index contributed by atoms with van der Waals surface area (Å²) in [5.74, 6) is 0. The van der Waals surface area contributed by atoms with Gasteiger partial charge in [-0.1, -0.05) is 310 Å². The molecule has 0 spiro atoms. The predicted molar refractivity (Wildman–Crippen MR) is 531 cm³/mol. The van der Waals surface area contributed by atoms with E-state index in [0.29, 0.717) is 0 Å². The van der Waals surface area contributed by atoms with Gasteiger partial charge in [-0.25, -0.2) is 0 Å². The average Bonchev–Trinajstić information content (AvgIpc) is 1.53. The zero-order chi connectivity index (χ0) is 84.4. The first-order valence-electron chi connectivity index (χ1n) is 44.5. The molecule has 4 aliphatic rings. The maximum absolute atomic E-state index is 2.49. The Morgan fingerprint density at radius 2 is 0.373 bits per heavy atom. The Balaban J connectivity index is 0.613. The van der Waals surface area contributed by atoms with E-state index < -0.39 is 0 Å². The number of fused-ring (bicyclic) bond motifs is 20. The molecule has 0 amide bonds. The third-order valence-electron chi connectivity index (χ3n) is 29.3. The molecule has 0 atom stereocenters. The molecule has 0 aliphatic heterocycles. The Labute approximate surface area is 735 Å². The van der Waals surface area contributed by atoms with Crippen LogP contribution in [-0.4, -0.2) is 9.13 Å². The highest BCUT2D eigenvalue weighted by Crippen LogP contribution is 2.58. The molecule has 4 heteroatoms. The summed E-state index contributed by atoms with van der Waals surface area (Å²) in [7, 11) is 0. The van der Waals surface area contributed by atoms with Gasteiger partial charge in [-0.15, -0.1) is 0 Å². The number of rotatable bonds is 12. The van der Waals surface area contributed by atoms with Gasteiger partial charge in [0.05, 0.1) is 33.4 Å². The fourth-order valence-electron chi connectivity index (χ4n) is 22.9. The lowest BCUT2D eigenvalue weighted by molar-refractivity contribution is 0.660. The van der Waals surface area contributed by atoms with Crippen LogP contribution in [0.3, 0.4) is 0 Å². The van der Waals surface area contributed by atoms with Gasteiger partial charge in [-0.05, 0) is 279 Å². The zero-order valence-corrected chi connectivity index (χ0v) is 71.9. The Bertz CT molecular complexity index is 7320. The lowest BCUT2D eigenvalue weighted by Crippen LogP contribution is -2.14. The number of hydrogen-bond donors (Lipinski definition) is 0. The SMILES string of the molecule is CC1(C)c2ccccc2-c2ccc(-c3ccc4c(c3)c3cc(-c5ccc6c(c5)C(C)(C)c5ccccc5-6)ccc3n4-c3ccc(N(c4ccccc4)c4c5ccccc5c(N(c5ccccc5)c5ccc(-n6c7ccc(-c8ccc9c(c8)C(C)(C)c8ccccc8-9)cc7c7cc(-c8ccc9c(c8)C(C)(C)c8ccccc8-9)ccc76)cc5)c5ccccc45)cc3)cc21. The molecule has 126 heavy (non-hydrogen) atoms. The lowest BCUT2D eigenvalue weighted by atomic mass is 9.81. The second kappa shape index (κ2) is 27.2. The summed E-state index contributed by atoms with van der Waals surface area (Å²) >= 11 is 0. The van der Waals surface area contributed by atoms with Crippen molar-refractivity contribution in [2.24, 2.45) is 0 Å². The molecular formula is C122H90N4. The van der Waals surface area contributed by atoms with E-state index in [1.807, 2.05) is 0 Å². The first kappa shape index (κ1) is 73.6. The van der Waals surface area contributed by atoms with Gasteiger partial charge in [0, 0.05) is 98.9 Å². The zero-order valence-electron chi connectivity index (χ0n) is 71.9. The minimum atomic E-state index is -0.124. The van der Waals surface area contributed by atoms with E-state index in [1.54, 1.807) is 0 Å². The van der Waals surface area contributed by atoms with Gasteiger partial charge in [0.15, 0.2) is 0 Å². The molecule has 4 aliphatic carbocycles. The van der Waals surface area contributed by atoms with Crippen molar-refractivity contribution in [2.75, 3.05) is 9.80 Å². The smallest absolute Gasteiger partial charge is 0.0619 e. The van der Waals surface area contributed by atoms with Crippen LogP contribution in [-0.2, 0) is 21.7 Å². The molecule has 2 heterocycles. The lowest BCUT2D eigenvalue weighted by Gasteiger charge is -2.33. The van der Waals surface area contributed by atoms with Crippen molar-refractivity contribution in [1.82, 2.24) is 9.13 Å². The van der Waals surface area contributed by atoms with Crippen LogP contribution >= 0.6 is 0 Å². The van der Waals surface area contributed by atoms with Crippen LogP contribution in [0.1, 0.15) is 99.9 Å². The maximum atomic E-state index is 2.49. The van der Waals surface area contributed by atoms with Crippen LogP contribution in [0.4, 0.5) is 34.1 Å². The van der Waals surface area contributed by atoms with E-state index in [9.17, 15) is 0 Å². The number of hydrogen-bond acceptors (Lipinski definition) is 2. The van der Waals surface area contributed by atoms with Crippen molar-refractivity contribution in [3.05, 3.63) is 445 Å². The summed E-state index contributed by atoms with van der Waals surface area (Å²) in [5.41, 5.74) is 44.1. The van der Waals surface area contributed by atoms with Crippen LogP contribution in [0.15, 0.2) is 400 Å². The molecule has 4 nitrogen and oxygen atoms in total. The van der Waals surface area contributed by atoms with Crippen LogP contribution in [0.25, 0.3) is 166 Å². The number of anilines is 6. The van der Waals surface area contributed by atoms with Crippen molar-refractivity contribution < 1.29 is 0 Å². The third-order valence-corrected chi connectivity index (χ3v) is 29.3. The number of para-hydroxylation sites is 2. The monoisotopic (exact) mass is 1610 g/mol. The fourth-order valence-corrected chi connectivity index (χ4v) is 22.9. The highest BCUT2D eigenvalue weighted by atomic mass is 15.2. The second-order valence-electron chi connectivity index (χ2n) is 37.5. The van der Waals surface area contributed by atoms with Gasteiger partial charge in [-0.3, -0.25) is 0 Å². The third kappa shape index (κ3) is 10.8. The molecule has 19 aromatic carbocycles. The molecule has 0 radical (unpaired) electrons. The van der Waals surface area contributed by atoms with Crippen LogP contribution in [0.5, 0.6) is 0 Å². The summed E-state index contributed by atoms with van der Waals surface area (Å²) in [5, 5.41) is 9.38. The fraction of sp³-hybridized carbons (Fsp3) is 0.0984. The number of benzene rings is 19. The average molecular weight is 1610 g/mol. The molecule has 21 aromatic rings. The van der Waals surface area contributed by atoms with Crippen molar-refractivity contribution in [1.29, 1.82) is 0 Å². The Hall–Kier alpha value is -15.1. The van der Waals surface area contributed by atoms with Crippen LogP contribution < -0.4 is 9.80 Å². The summed E-state index contributed by atoms with van der Waals surface area (Å²) in [6.45, 7) is 19.0. The molecular weight excluding hydrogens is 1520 g/mol. The van der Waals surface area contributed by atoms with Crippen molar-refractivity contribution in [3.8, 4) is 100 Å². The number of nitrogens with zero attached hydrogens (tertiary/aromatic N) is 4. The second-order valence-corrected chi connectivity index (χ2v) is 37.5. The summed E-state index contributed by atoms with van der Waals surface area (Å²) in [6.07, 6.45) is 0. The quantitative estimate of drug-likeness (QED) is 0.0895. The van der Waals surface area contributed by atoms with E-state index in [-0.39, 0.29) is 21.7 Å². The van der Waals surface area contributed by atoms with Crippen molar-refractivity contribution >= 4 is 99.3 Å². The molecule has 0 bridgehead atoms.